The van der Waals surface area contributed by atoms with Crippen molar-refractivity contribution < 1.29 is 13.2 Å². The zero-order chi connectivity index (χ0) is 16.9. The molecule has 10 heteroatoms. The molecule has 0 fully saturated rings. The zero-order valence-corrected chi connectivity index (χ0v) is 12.7. The van der Waals surface area contributed by atoms with Crippen molar-refractivity contribution in [3.05, 3.63) is 35.4 Å². The van der Waals surface area contributed by atoms with Gasteiger partial charge in [-0.15, -0.1) is 15.3 Å². The minimum absolute atomic E-state index is 0.0294. The largest absolute Gasteiger partial charge is 0.453 e. The van der Waals surface area contributed by atoms with E-state index < -0.39 is 12.0 Å². The molecule has 0 spiro atoms. The number of nitrogens with zero attached hydrogens (tertiary/aromatic N) is 6. The highest BCUT2D eigenvalue weighted by Crippen LogP contribution is 2.32. The normalized spacial score (nSPS) is 17.9. The number of aromatic nitrogens is 6. The summed E-state index contributed by atoms with van der Waals surface area (Å²) in [7, 11) is 1.89. The van der Waals surface area contributed by atoms with E-state index in [4.69, 9.17) is 0 Å². The van der Waals surface area contributed by atoms with Gasteiger partial charge in [-0.2, -0.15) is 22.8 Å². The molecular weight excluding hydrogens is 323 g/mol. The van der Waals surface area contributed by atoms with E-state index >= 15 is 0 Å². The first-order chi connectivity index (χ1) is 11.4. The van der Waals surface area contributed by atoms with Crippen LogP contribution in [0.3, 0.4) is 0 Å². The predicted molar refractivity (Wildman–Crippen MR) is 78.3 cm³/mol. The molecular formula is C14H14F3N7. The Morgan fingerprint density at radius 3 is 2.88 bits per heavy atom. The summed E-state index contributed by atoms with van der Waals surface area (Å²) >= 11 is 0. The standard InChI is InChI=1S/C14H14F3N7/c1-23-10-4-2-3-9(8(10)7-18-23)19-11-5-6-12-20-21-13(14(15,16)17)24(12)22-11/h5-7,9H,2-4H2,1H3,(H,19,22)/t9-/m0/s1. The Hall–Kier alpha value is -2.65. The molecule has 3 aromatic rings. The third-order valence-corrected chi connectivity index (χ3v) is 4.21. The van der Waals surface area contributed by atoms with Gasteiger partial charge in [-0.25, -0.2) is 0 Å². The molecule has 0 aliphatic heterocycles. The molecule has 0 bridgehead atoms. The first kappa shape index (κ1) is 14.9. The summed E-state index contributed by atoms with van der Waals surface area (Å²) in [6.45, 7) is 0. The molecule has 4 rings (SSSR count). The van der Waals surface area contributed by atoms with E-state index in [1.165, 1.54) is 6.07 Å². The summed E-state index contributed by atoms with van der Waals surface area (Å²) in [6.07, 6.45) is -0.0171. The average Bonchev–Trinajstić information content (AvgIpc) is 3.11. The second kappa shape index (κ2) is 5.18. The van der Waals surface area contributed by atoms with Gasteiger partial charge in [0, 0.05) is 18.3 Å². The van der Waals surface area contributed by atoms with Gasteiger partial charge < -0.3 is 5.32 Å². The SMILES string of the molecule is Cn1ncc2c1CCC[C@@H]2Nc1ccc2nnc(C(F)(F)F)n2n1. The molecule has 3 heterocycles. The third-order valence-electron chi connectivity index (χ3n) is 4.21. The van der Waals surface area contributed by atoms with E-state index in [0.29, 0.717) is 5.82 Å². The van der Waals surface area contributed by atoms with Gasteiger partial charge in [0.1, 0.15) is 5.82 Å². The molecule has 1 atom stereocenters. The average molecular weight is 337 g/mol. The quantitative estimate of drug-likeness (QED) is 0.777. The van der Waals surface area contributed by atoms with Crippen LogP contribution in [-0.4, -0.2) is 29.6 Å². The highest BCUT2D eigenvalue weighted by molar-refractivity contribution is 5.46. The molecule has 1 aliphatic carbocycles. The minimum Gasteiger partial charge on any atom is -0.362 e. The molecule has 0 radical (unpaired) electrons. The Bertz CT molecular complexity index is 896. The van der Waals surface area contributed by atoms with E-state index in [-0.39, 0.29) is 11.7 Å². The lowest BCUT2D eigenvalue weighted by Gasteiger charge is -2.24. The Morgan fingerprint density at radius 2 is 2.08 bits per heavy atom. The summed E-state index contributed by atoms with van der Waals surface area (Å²) in [5, 5.41) is 18.2. The number of aryl methyl sites for hydroxylation is 1. The van der Waals surface area contributed by atoms with Gasteiger partial charge in [-0.05, 0) is 31.4 Å². The van der Waals surface area contributed by atoms with Crippen molar-refractivity contribution in [1.29, 1.82) is 0 Å². The molecule has 0 aromatic carbocycles. The van der Waals surface area contributed by atoms with E-state index in [0.717, 1.165) is 35.0 Å². The van der Waals surface area contributed by atoms with Gasteiger partial charge in [0.2, 0.25) is 0 Å². The van der Waals surface area contributed by atoms with Gasteiger partial charge in [-0.3, -0.25) is 4.68 Å². The molecule has 0 amide bonds. The van der Waals surface area contributed by atoms with Gasteiger partial charge >= 0.3 is 6.18 Å². The molecule has 1 aliphatic rings. The number of fused-ring (bicyclic) bond motifs is 2. The minimum atomic E-state index is -4.60. The molecule has 126 valence electrons. The predicted octanol–water partition coefficient (Wildman–Crippen LogP) is 2.37. The highest BCUT2D eigenvalue weighted by Gasteiger charge is 2.37. The third kappa shape index (κ3) is 2.38. The van der Waals surface area contributed by atoms with Crippen molar-refractivity contribution in [1.82, 2.24) is 29.6 Å². The summed E-state index contributed by atoms with van der Waals surface area (Å²) in [5.74, 6) is -0.790. The maximum absolute atomic E-state index is 12.9. The van der Waals surface area contributed by atoms with Gasteiger partial charge in [0.25, 0.3) is 5.82 Å². The van der Waals surface area contributed by atoms with Crippen LogP contribution >= 0.6 is 0 Å². The lowest BCUT2D eigenvalue weighted by atomic mass is 9.93. The lowest BCUT2D eigenvalue weighted by molar-refractivity contribution is -0.146. The van der Waals surface area contributed by atoms with Crippen LogP contribution in [0.2, 0.25) is 0 Å². The Morgan fingerprint density at radius 1 is 1.25 bits per heavy atom. The van der Waals surface area contributed by atoms with Crippen LogP contribution in [0.15, 0.2) is 18.3 Å². The summed E-state index contributed by atoms with van der Waals surface area (Å²) in [6, 6.07) is 3.04. The van der Waals surface area contributed by atoms with Gasteiger partial charge in [0.05, 0.1) is 12.2 Å². The van der Waals surface area contributed by atoms with Crippen LogP contribution in [-0.2, 0) is 19.6 Å². The van der Waals surface area contributed by atoms with E-state index in [2.05, 4.69) is 25.7 Å². The summed E-state index contributed by atoms with van der Waals surface area (Å²) in [4.78, 5) is 0. The number of nitrogens with one attached hydrogen (secondary N) is 1. The van der Waals surface area contributed by atoms with E-state index in [1.54, 1.807) is 12.3 Å². The summed E-state index contributed by atoms with van der Waals surface area (Å²) in [5.41, 5.74) is 2.25. The van der Waals surface area contributed by atoms with E-state index in [1.807, 2.05) is 11.7 Å². The van der Waals surface area contributed by atoms with Crippen LogP contribution in [0.5, 0.6) is 0 Å². The number of halogens is 3. The van der Waals surface area contributed by atoms with Gasteiger partial charge in [0.15, 0.2) is 5.65 Å². The van der Waals surface area contributed by atoms with Gasteiger partial charge in [-0.1, -0.05) is 0 Å². The van der Waals surface area contributed by atoms with Crippen molar-refractivity contribution in [2.75, 3.05) is 5.32 Å². The van der Waals surface area contributed by atoms with E-state index in [9.17, 15) is 13.2 Å². The molecule has 3 aromatic heterocycles. The fraction of sp³-hybridized carbons (Fsp3) is 0.429. The first-order valence-corrected chi connectivity index (χ1v) is 7.50. The maximum atomic E-state index is 12.9. The van der Waals surface area contributed by atoms with Crippen molar-refractivity contribution in [3.63, 3.8) is 0 Å². The van der Waals surface area contributed by atoms with Crippen LogP contribution in [0, 0.1) is 0 Å². The lowest BCUT2D eigenvalue weighted by Crippen LogP contribution is -2.19. The number of hydrogen-bond donors (Lipinski definition) is 1. The summed E-state index contributed by atoms with van der Waals surface area (Å²) < 4.78 is 41.4. The Kier molecular flexibility index (Phi) is 3.22. The number of rotatable bonds is 2. The molecule has 0 saturated heterocycles. The first-order valence-electron chi connectivity index (χ1n) is 7.50. The fourth-order valence-electron chi connectivity index (χ4n) is 3.08. The van der Waals surface area contributed by atoms with Crippen molar-refractivity contribution >= 4 is 11.5 Å². The smallest absolute Gasteiger partial charge is 0.362 e. The van der Waals surface area contributed by atoms with Crippen LogP contribution in [0.25, 0.3) is 5.65 Å². The van der Waals surface area contributed by atoms with Crippen LogP contribution < -0.4 is 5.32 Å². The number of alkyl halides is 3. The second-order valence-corrected chi connectivity index (χ2v) is 5.77. The van der Waals surface area contributed by atoms with Crippen molar-refractivity contribution in [2.45, 2.75) is 31.5 Å². The number of anilines is 1. The highest BCUT2D eigenvalue weighted by atomic mass is 19.4. The molecule has 1 N–H and O–H groups in total. The van der Waals surface area contributed by atoms with Crippen molar-refractivity contribution in [2.24, 2.45) is 7.05 Å². The van der Waals surface area contributed by atoms with Crippen molar-refractivity contribution in [3.8, 4) is 0 Å². The molecule has 0 saturated carbocycles. The maximum Gasteiger partial charge on any atom is 0.453 e. The Balaban J connectivity index is 1.68. The Labute approximate surface area is 134 Å². The topological polar surface area (TPSA) is 72.9 Å². The molecule has 24 heavy (non-hydrogen) atoms. The van der Waals surface area contributed by atoms with Crippen LogP contribution in [0.1, 0.15) is 36.0 Å². The fourth-order valence-corrected chi connectivity index (χ4v) is 3.08. The number of hydrogen-bond acceptors (Lipinski definition) is 5. The second-order valence-electron chi connectivity index (χ2n) is 5.77. The molecule has 7 nitrogen and oxygen atoms in total. The monoisotopic (exact) mass is 337 g/mol. The zero-order valence-electron chi connectivity index (χ0n) is 12.7. The molecule has 0 unspecified atom stereocenters. The van der Waals surface area contributed by atoms with Crippen LogP contribution in [0.4, 0.5) is 19.0 Å².